The molecule has 1 aliphatic rings. The van der Waals surface area contributed by atoms with Crippen LogP contribution in [0.5, 0.6) is 0 Å². The molecule has 0 spiro atoms. The van der Waals surface area contributed by atoms with Gasteiger partial charge in [-0.2, -0.15) is 0 Å². The van der Waals surface area contributed by atoms with Gasteiger partial charge < -0.3 is 28.5 Å². The van der Waals surface area contributed by atoms with E-state index in [2.05, 4.69) is 0 Å². The summed E-state index contributed by atoms with van der Waals surface area (Å²) in [5, 5.41) is 0.512. The highest BCUT2D eigenvalue weighted by Gasteiger charge is 2.32. The van der Waals surface area contributed by atoms with Crippen LogP contribution in [0.15, 0.2) is 30.3 Å². The molecule has 0 bridgehead atoms. The molecule has 1 aliphatic heterocycles. The molecule has 34 heavy (non-hydrogen) atoms. The molecule has 2 amide bonds. The molecular formula is C23H31NO10. The van der Waals surface area contributed by atoms with E-state index in [0.29, 0.717) is 38.1 Å². The topological polar surface area (TPSA) is 127 Å². The standard InChI is InChI=1S/C23H31NO10/c25-20-6-7-21(26)24(20)34-23(28)9-11-30-13-15-32-17-16-31-14-12-29-10-8-22(27)33-18-19-4-2-1-3-5-19/h1-5H,6-18H2. The molecule has 1 saturated heterocycles. The smallest absolute Gasteiger partial charge is 0.335 e. The van der Waals surface area contributed by atoms with Crippen LogP contribution in [0, 0.1) is 0 Å². The summed E-state index contributed by atoms with van der Waals surface area (Å²) in [6.45, 7) is 2.70. The number of esters is 1. The zero-order chi connectivity index (χ0) is 24.4. The first-order valence-electron chi connectivity index (χ1n) is 11.1. The third kappa shape index (κ3) is 11.8. The van der Waals surface area contributed by atoms with Gasteiger partial charge in [0.25, 0.3) is 11.8 Å². The molecule has 1 aromatic rings. The normalized spacial score (nSPS) is 13.4. The fourth-order valence-corrected chi connectivity index (χ4v) is 2.69. The summed E-state index contributed by atoms with van der Waals surface area (Å²) >= 11 is 0. The molecule has 1 fully saturated rings. The van der Waals surface area contributed by atoms with Crippen molar-refractivity contribution in [1.29, 1.82) is 0 Å². The first-order chi connectivity index (χ1) is 16.6. The number of carbonyl (C=O) groups excluding carboxylic acids is 4. The number of rotatable bonds is 18. The molecule has 11 nitrogen and oxygen atoms in total. The first-order valence-corrected chi connectivity index (χ1v) is 11.1. The second-order valence-electron chi connectivity index (χ2n) is 7.14. The van der Waals surface area contributed by atoms with Crippen LogP contribution in [0.2, 0.25) is 0 Å². The Morgan fingerprint density at radius 1 is 0.676 bits per heavy atom. The number of ether oxygens (including phenoxy) is 5. The van der Waals surface area contributed by atoms with Crippen LogP contribution >= 0.6 is 0 Å². The second-order valence-corrected chi connectivity index (χ2v) is 7.14. The number of amides is 2. The third-order valence-electron chi connectivity index (χ3n) is 4.46. The van der Waals surface area contributed by atoms with E-state index in [1.807, 2.05) is 30.3 Å². The van der Waals surface area contributed by atoms with E-state index >= 15 is 0 Å². The third-order valence-corrected chi connectivity index (χ3v) is 4.46. The van der Waals surface area contributed by atoms with Gasteiger partial charge in [0.2, 0.25) is 0 Å². The summed E-state index contributed by atoms with van der Waals surface area (Å²) in [5.74, 6) is -2.04. The number of hydroxylamine groups is 2. The van der Waals surface area contributed by atoms with Gasteiger partial charge in [0, 0.05) is 12.8 Å². The summed E-state index contributed by atoms with van der Waals surface area (Å²) in [7, 11) is 0. The Morgan fingerprint density at radius 2 is 1.15 bits per heavy atom. The number of imide groups is 1. The first kappa shape index (κ1) is 27.4. The second kappa shape index (κ2) is 16.7. The Labute approximate surface area is 198 Å². The Hall–Kier alpha value is -2.86. The van der Waals surface area contributed by atoms with Crippen molar-refractivity contribution in [3.63, 3.8) is 0 Å². The van der Waals surface area contributed by atoms with Gasteiger partial charge in [-0.15, -0.1) is 5.06 Å². The number of carbonyl (C=O) groups is 4. The predicted octanol–water partition coefficient (Wildman–Crippen LogP) is 1.18. The van der Waals surface area contributed by atoms with Gasteiger partial charge in [-0.05, 0) is 5.56 Å². The van der Waals surface area contributed by atoms with Gasteiger partial charge in [0.1, 0.15) is 6.61 Å². The highest BCUT2D eigenvalue weighted by molar-refractivity contribution is 6.01. The van der Waals surface area contributed by atoms with E-state index in [1.165, 1.54) is 0 Å². The van der Waals surface area contributed by atoms with E-state index in [1.54, 1.807) is 0 Å². The van der Waals surface area contributed by atoms with Crippen molar-refractivity contribution in [3.05, 3.63) is 35.9 Å². The molecule has 2 rings (SSSR count). The lowest BCUT2D eigenvalue weighted by molar-refractivity contribution is -0.198. The lowest BCUT2D eigenvalue weighted by Gasteiger charge is -2.12. The monoisotopic (exact) mass is 481 g/mol. The van der Waals surface area contributed by atoms with E-state index in [-0.39, 0.29) is 58.1 Å². The maximum atomic E-state index is 11.6. The minimum absolute atomic E-state index is 0.0582. The molecule has 0 N–H and O–H groups in total. The van der Waals surface area contributed by atoms with Crippen molar-refractivity contribution in [1.82, 2.24) is 5.06 Å². The Balaban J connectivity index is 1.30. The largest absolute Gasteiger partial charge is 0.461 e. The number of benzene rings is 1. The minimum Gasteiger partial charge on any atom is -0.461 e. The van der Waals surface area contributed by atoms with E-state index in [0.717, 1.165) is 5.56 Å². The van der Waals surface area contributed by atoms with Crippen molar-refractivity contribution in [2.75, 3.05) is 52.9 Å². The Bertz CT molecular complexity index is 754. The maximum absolute atomic E-state index is 11.6. The van der Waals surface area contributed by atoms with Gasteiger partial charge in [0.05, 0.1) is 65.7 Å². The summed E-state index contributed by atoms with van der Waals surface area (Å²) in [5.41, 5.74) is 0.939. The Morgan fingerprint density at radius 3 is 1.68 bits per heavy atom. The minimum atomic E-state index is -0.704. The average Bonchev–Trinajstić information content (AvgIpc) is 3.15. The summed E-state index contributed by atoms with van der Waals surface area (Å²) in [6.07, 6.45) is 0.221. The molecule has 0 saturated carbocycles. The fourth-order valence-electron chi connectivity index (χ4n) is 2.69. The number of hydrogen-bond acceptors (Lipinski definition) is 10. The molecule has 1 aromatic carbocycles. The van der Waals surface area contributed by atoms with Crippen LogP contribution < -0.4 is 0 Å². The van der Waals surface area contributed by atoms with E-state index in [9.17, 15) is 19.2 Å². The zero-order valence-corrected chi connectivity index (χ0v) is 19.1. The molecule has 188 valence electrons. The van der Waals surface area contributed by atoms with Crippen molar-refractivity contribution in [2.24, 2.45) is 0 Å². The highest BCUT2D eigenvalue weighted by Crippen LogP contribution is 2.12. The van der Waals surface area contributed by atoms with Crippen molar-refractivity contribution >= 4 is 23.8 Å². The summed E-state index contributed by atoms with van der Waals surface area (Å²) in [6, 6.07) is 9.46. The van der Waals surface area contributed by atoms with Crippen LogP contribution in [-0.4, -0.2) is 81.7 Å². The van der Waals surface area contributed by atoms with Gasteiger partial charge in [-0.3, -0.25) is 14.4 Å². The molecule has 0 unspecified atom stereocenters. The maximum Gasteiger partial charge on any atom is 0.335 e. The molecule has 1 heterocycles. The van der Waals surface area contributed by atoms with Crippen molar-refractivity contribution in [2.45, 2.75) is 32.3 Å². The SMILES string of the molecule is O=C(CCOCCOCCOCCOCCC(=O)ON1C(=O)CCC1=O)OCc1ccccc1. The van der Waals surface area contributed by atoms with Gasteiger partial charge in [-0.25, -0.2) is 4.79 Å². The molecule has 0 radical (unpaired) electrons. The lowest BCUT2D eigenvalue weighted by Crippen LogP contribution is -2.32. The summed E-state index contributed by atoms with van der Waals surface area (Å²) in [4.78, 5) is 50.6. The van der Waals surface area contributed by atoms with E-state index < -0.39 is 17.8 Å². The fraction of sp³-hybridized carbons (Fsp3) is 0.565. The highest BCUT2D eigenvalue weighted by atomic mass is 16.7. The molecular weight excluding hydrogens is 450 g/mol. The molecule has 0 atom stereocenters. The lowest BCUT2D eigenvalue weighted by atomic mass is 10.2. The van der Waals surface area contributed by atoms with Crippen LogP contribution in [0.3, 0.4) is 0 Å². The van der Waals surface area contributed by atoms with Crippen LogP contribution in [0.25, 0.3) is 0 Å². The summed E-state index contributed by atoms with van der Waals surface area (Å²) < 4.78 is 26.4. The number of nitrogens with zero attached hydrogens (tertiary/aromatic N) is 1. The quantitative estimate of drug-likeness (QED) is 0.171. The van der Waals surface area contributed by atoms with E-state index in [4.69, 9.17) is 28.5 Å². The van der Waals surface area contributed by atoms with Crippen LogP contribution in [-0.2, 0) is 54.3 Å². The van der Waals surface area contributed by atoms with Crippen molar-refractivity contribution in [3.8, 4) is 0 Å². The molecule has 0 aromatic heterocycles. The zero-order valence-electron chi connectivity index (χ0n) is 19.1. The number of hydrogen-bond donors (Lipinski definition) is 0. The van der Waals surface area contributed by atoms with Crippen molar-refractivity contribution < 1.29 is 47.7 Å². The van der Waals surface area contributed by atoms with Crippen LogP contribution in [0.4, 0.5) is 0 Å². The van der Waals surface area contributed by atoms with Gasteiger partial charge >= 0.3 is 11.9 Å². The van der Waals surface area contributed by atoms with Gasteiger partial charge in [-0.1, -0.05) is 30.3 Å². The Kier molecular flexibility index (Phi) is 13.5. The van der Waals surface area contributed by atoms with Gasteiger partial charge in [0.15, 0.2) is 0 Å². The molecule has 11 heteroatoms. The molecule has 0 aliphatic carbocycles. The average molecular weight is 481 g/mol. The van der Waals surface area contributed by atoms with Crippen LogP contribution in [0.1, 0.15) is 31.2 Å². The predicted molar refractivity (Wildman–Crippen MR) is 116 cm³/mol.